The molecule has 7 aromatic carbocycles. The highest BCUT2D eigenvalue weighted by atomic mass is 15.1. The van der Waals surface area contributed by atoms with E-state index in [1.165, 1.54) is 60.8 Å². The number of nitrogens with zero attached hydrogens (tertiary/aromatic N) is 2. The van der Waals surface area contributed by atoms with Crippen LogP contribution < -0.4 is 4.90 Å². The Morgan fingerprint density at radius 1 is 0.529 bits per heavy atom. The first-order chi connectivity index (χ1) is 25.2. The van der Waals surface area contributed by atoms with Gasteiger partial charge in [-0.1, -0.05) is 140 Å². The summed E-state index contributed by atoms with van der Waals surface area (Å²) in [5.41, 5.74) is 16.2. The second kappa shape index (κ2) is 11.9. The fourth-order valence-electron chi connectivity index (χ4n) is 8.60. The Bertz CT molecular complexity index is 2640. The number of fused-ring (bicyclic) bond motifs is 9. The molecule has 2 aliphatic rings. The summed E-state index contributed by atoms with van der Waals surface area (Å²) in [6, 6.07) is 62.1. The monoisotopic (exact) mass is 652 g/mol. The van der Waals surface area contributed by atoms with Gasteiger partial charge in [-0.05, 0) is 99.5 Å². The van der Waals surface area contributed by atoms with Gasteiger partial charge in [0.25, 0.3) is 0 Å². The third kappa shape index (κ3) is 4.71. The number of allylic oxidation sites excluding steroid dienone is 4. The molecule has 0 fully saturated rings. The average molecular weight is 653 g/mol. The molecule has 242 valence electrons. The first kappa shape index (κ1) is 29.5. The van der Waals surface area contributed by atoms with Crippen LogP contribution in [0.2, 0.25) is 0 Å². The second-order valence-corrected chi connectivity index (χ2v) is 13.8. The first-order valence-electron chi connectivity index (χ1n) is 17.9. The van der Waals surface area contributed by atoms with Crippen molar-refractivity contribution in [1.82, 2.24) is 4.57 Å². The smallest absolute Gasteiger partial charge is 0.0562 e. The fourth-order valence-corrected chi connectivity index (χ4v) is 8.60. The molecule has 0 saturated heterocycles. The van der Waals surface area contributed by atoms with E-state index in [-0.39, 0.29) is 0 Å². The second-order valence-electron chi connectivity index (χ2n) is 13.8. The largest absolute Gasteiger partial charge is 0.310 e. The summed E-state index contributed by atoms with van der Waals surface area (Å²) < 4.78 is 2.42. The summed E-state index contributed by atoms with van der Waals surface area (Å²) in [4.78, 5) is 2.46. The lowest BCUT2D eigenvalue weighted by Gasteiger charge is -2.36. The van der Waals surface area contributed by atoms with Crippen LogP contribution in [0.4, 0.5) is 17.1 Å². The summed E-state index contributed by atoms with van der Waals surface area (Å²) in [5.74, 6) is 0.696. The molecule has 2 unspecified atom stereocenters. The maximum absolute atomic E-state index is 2.47. The topological polar surface area (TPSA) is 8.17 Å². The van der Waals surface area contributed by atoms with Gasteiger partial charge in [-0.2, -0.15) is 0 Å². The molecule has 0 N–H and O–H groups in total. The van der Waals surface area contributed by atoms with Gasteiger partial charge in [0.1, 0.15) is 0 Å². The lowest BCUT2D eigenvalue weighted by Crippen LogP contribution is -2.19. The normalized spacial score (nSPS) is 16.0. The molecule has 0 aliphatic heterocycles. The van der Waals surface area contributed by atoms with E-state index in [4.69, 9.17) is 0 Å². The molecule has 2 heteroatoms. The molecule has 0 amide bonds. The summed E-state index contributed by atoms with van der Waals surface area (Å²) in [6.45, 7) is 2.36. The zero-order valence-electron chi connectivity index (χ0n) is 28.4. The Morgan fingerprint density at radius 2 is 1.22 bits per heavy atom. The van der Waals surface area contributed by atoms with Gasteiger partial charge in [0, 0.05) is 33.8 Å². The van der Waals surface area contributed by atoms with Crippen molar-refractivity contribution in [2.75, 3.05) is 4.90 Å². The molecule has 2 atom stereocenters. The Balaban J connectivity index is 1.19. The van der Waals surface area contributed by atoms with Crippen LogP contribution >= 0.6 is 0 Å². The predicted octanol–water partition coefficient (Wildman–Crippen LogP) is 13.3. The Labute approximate surface area is 298 Å². The van der Waals surface area contributed by atoms with E-state index in [0.717, 1.165) is 22.7 Å². The lowest BCUT2D eigenvalue weighted by molar-refractivity contribution is 0.647. The zero-order valence-corrected chi connectivity index (χ0v) is 28.4. The number of para-hydroxylation sites is 2. The highest BCUT2D eigenvalue weighted by Gasteiger charge is 2.33. The third-order valence-corrected chi connectivity index (χ3v) is 10.9. The van der Waals surface area contributed by atoms with E-state index >= 15 is 0 Å². The molecule has 1 heterocycles. The van der Waals surface area contributed by atoms with Gasteiger partial charge in [0.05, 0.1) is 16.7 Å². The van der Waals surface area contributed by atoms with Gasteiger partial charge in [-0.15, -0.1) is 0 Å². The van der Waals surface area contributed by atoms with Crippen molar-refractivity contribution in [2.45, 2.75) is 12.8 Å². The minimum atomic E-state index is 0.300. The van der Waals surface area contributed by atoms with Crippen molar-refractivity contribution in [3.05, 3.63) is 199 Å². The fraction of sp³-hybridized carbons (Fsp3) is 0.0612. The van der Waals surface area contributed by atoms with Gasteiger partial charge < -0.3 is 9.47 Å². The SMILES string of the molecule is CC1C=CC=C2c3ccccc3-c3ccc(N(c4ccccc4)c4cccc5c4c4ccccc4n5-c4ccc(-c5ccccc5)cc4)cc3C21. The van der Waals surface area contributed by atoms with Crippen molar-refractivity contribution < 1.29 is 0 Å². The first-order valence-corrected chi connectivity index (χ1v) is 17.9. The van der Waals surface area contributed by atoms with Crippen molar-refractivity contribution >= 4 is 44.4 Å². The summed E-state index contributed by atoms with van der Waals surface area (Å²) >= 11 is 0. The van der Waals surface area contributed by atoms with E-state index in [9.17, 15) is 0 Å². The third-order valence-electron chi connectivity index (χ3n) is 10.9. The molecular formula is C49H36N2. The number of hydrogen-bond donors (Lipinski definition) is 0. The molecule has 0 saturated carbocycles. The molecule has 51 heavy (non-hydrogen) atoms. The predicted molar refractivity (Wildman–Crippen MR) is 215 cm³/mol. The molecule has 0 radical (unpaired) electrons. The standard InChI is InChI=1S/C49H36N2/c1-33-14-12-22-42-40-20-9-8-19-39(40)41-31-30-38(32-44(41)48(33)42)50(36-17-6-3-7-18-36)46-24-13-25-47-49(46)43-21-10-11-23-45(43)51(47)37-28-26-35(27-29-37)34-15-4-2-5-16-34/h2-33,48H,1H3. The van der Waals surface area contributed by atoms with Crippen LogP contribution in [0.25, 0.3) is 55.3 Å². The van der Waals surface area contributed by atoms with Gasteiger partial charge >= 0.3 is 0 Å². The number of rotatable bonds is 5. The van der Waals surface area contributed by atoms with Crippen molar-refractivity contribution in [3.8, 4) is 27.9 Å². The Morgan fingerprint density at radius 3 is 2.04 bits per heavy atom. The van der Waals surface area contributed by atoms with Crippen molar-refractivity contribution in [2.24, 2.45) is 5.92 Å². The number of anilines is 3. The summed E-state index contributed by atoms with van der Waals surface area (Å²) in [6.07, 6.45) is 6.93. The van der Waals surface area contributed by atoms with E-state index < -0.39 is 0 Å². The van der Waals surface area contributed by atoms with Gasteiger partial charge in [0.2, 0.25) is 0 Å². The average Bonchev–Trinajstić information content (AvgIpc) is 3.54. The van der Waals surface area contributed by atoms with Crippen LogP contribution in [0.15, 0.2) is 188 Å². The Kier molecular flexibility index (Phi) is 6.89. The number of hydrogen-bond acceptors (Lipinski definition) is 1. The highest BCUT2D eigenvalue weighted by molar-refractivity contribution is 6.16. The van der Waals surface area contributed by atoms with Crippen LogP contribution in [0.5, 0.6) is 0 Å². The van der Waals surface area contributed by atoms with Crippen LogP contribution in [0.3, 0.4) is 0 Å². The molecule has 0 spiro atoms. The summed E-state index contributed by atoms with van der Waals surface area (Å²) in [5, 5.41) is 2.47. The molecule has 2 aliphatic carbocycles. The lowest BCUT2D eigenvalue weighted by atomic mass is 9.68. The van der Waals surface area contributed by atoms with E-state index in [2.05, 4.69) is 204 Å². The van der Waals surface area contributed by atoms with Crippen LogP contribution in [-0.4, -0.2) is 4.57 Å². The maximum Gasteiger partial charge on any atom is 0.0562 e. The van der Waals surface area contributed by atoms with Crippen molar-refractivity contribution in [3.63, 3.8) is 0 Å². The molecule has 1 aromatic heterocycles. The number of benzene rings is 7. The van der Waals surface area contributed by atoms with E-state index in [1.54, 1.807) is 0 Å². The molecule has 2 nitrogen and oxygen atoms in total. The number of aromatic nitrogens is 1. The van der Waals surface area contributed by atoms with Gasteiger partial charge in [0.15, 0.2) is 0 Å². The quantitative estimate of drug-likeness (QED) is 0.180. The van der Waals surface area contributed by atoms with Crippen LogP contribution in [-0.2, 0) is 0 Å². The molecule has 0 bridgehead atoms. The Hall–Kier alpha value is -6.38. The van der Waals surface area contributed by atoms with E-state index in [1.807, 2.05) is 0 Å². The maximum atomic E-state index is 2.47. The summed E-state index contributed by atoms with van der Waals surface area (Å²) in [7, 11) is 0. The van der Waals surface area contributed by atoms with Crippen molar-refractivity contribution in [1.29, 1.82) is 0 Å². The minimum absolute atomic E-state index is 0.300. The van der Waals surface area contributed by atoms with Crippen LogP contribution in [0, 0.1) is 5.92 Å². The molecular weight excluding hydrogens is 617 g/mol. The molecule has 10 rings (SSSR count). The van der Waals surface area contributed by atoms with Gasteiger partial charge in [-0.25, -0.2) is 0 Å². The van der Waals surface area contributed by atoms with Crippen LogP contribution in [0.1, 0.15) is 24.0 Å². The van der Waals surface area contributed by atoms with E-state index in [0.29, 0.717) is 11.8 Å². The minimum Gasteiger partial charge on any atom is -0.310 e. The zero-order chi connectivity index (χ0) is 33.9. The molecule has 8 aromatic rings. The highest BCUT2D eigenvalue weighted by Crippen LogP contribution is 2.53. The van der Waals surface area contributed by atoms with Gasteiger partial charge in [-0.3, -0.25) is 0 Å².